The SMILES string of the molecule is Cc1ccnc(OC[C@H]2CN(Cc3ccoc3)Cc3cncn3C2)n1. The first-order valence-electron chi connectivity index (χ1n) is 8.41. The van der Waals surface area contributed by atoms with E-state index >= 15 is 0 Å². The molecule has 0 spiro atoms. The molecule has 3 aromatic heterocycles. The van der Waals surface area contributed by atoms with E-state index in [1.165, 1.54) is 11.3 Å². The van der Waals surface area contributed by atoms with Crippen LogP contribution in [0.2, 0.25) is 0 Å². The smallest absolute Gasteiger partial charge is 0.316 e. The van der Waals surface area contributed by atoms with Crippen LogP contribution in [0, 0.1) is 12.8 Å². The van der Waals surface area contributed by atoms with Gasteiger partial charge in [-0.15, -0.1) is 0 Å². The predicted molar refractivity (Wildman–Crippen MR) is 90.8 cm³/mol. The van der Waals surface area contributed by atoms with Crippen molar-refractivity contribution in [3.05, 3.63) is 60.3 Å². The molecule has 0 saturated heterocycles. The van der Waals surface area contributed by atoms with E-state index in [2.05, 4.69) is 24.4 Å². The summed E-state index contributed by atoms with van der Waals surface area (Å²) < 4.78 is 13.3. The van der Waals surface area contributed by atoms with Crippen molar-refractivity contribution in [2.75, 3.05) is 13.2 Å². The number of fused-ring (bicyclic) bond motifs is 1. The highest BCUT2D eigenvalue weighted by Gasteiger charge is 2.23. The number of rotatable bonds is 5. The zero-order valence-electron chi connectivity index (χ0n) is 14.2. The van der Waals surface area contributed by atoms with E-state index in [-0.39, 0.29) is 0 Å². The first kappa shape index (κ1) is 15.8. The average Bonchev–Trinajstić information content (AvgIpc) is 3.22. The van der Waals surface area contributed by atoms with E-state index in [9.17, 15) is 0 Å². The highest BCUT2D eigenvalue weighted by atomic mass is 16.5. The Morgan fingerprint density at radius 3 is 3.12 bits per heavy atom. The summed E-state index contributed by atoms with van der Waals surface area (Å²) in [5.74, 6) is 0.325. The predicted octanol–water partition coefficient (Wildman–Crippen LogP) is 2.29. The van der Waals surface area contributed by atoms with Crippen molar-refractivity contribution in [2.45, 2.75) is 26.6 Å². The lowest BCUT2D eigenvalue weighted by atomic mass is 10.1. The van der Waals surface area contributed by atoms with Gasteiger partial charge in [-0.3, -0.25) is 4.90 Å². The molecule has 0 amide bonds. The summed E-state index contributed by atoms with van der Waals surface area (Å²) in [5, 5.41) is 0. The number of furan rings is 1. The second-order valence-corrected chi connectivity index (χ2v) is 6.50. The fraction of sp³-hybridized carbons (Fsp3) is 0.389. The molecule has 7 heteroatoms. The van der Waals surface area contributed by atoms with Crippen LogP contribution in [0.25, 0.3) is 0 Å². The number of aryl methyl sites for hydroxylation is 1. The Morgan fingerprint density at radius 2 is 2.28 bits per heavy atom. The van der Waals surface area contributed by atoms with Crippen molar-refractivity contribution in [1.82, 2.24) is 24.4 Å². The normalized spacial score (nSPS) is 17.9. The third kappa shape index (κ3) is 3.88. The van der Waals surface area contributed by atoms with Crippen molar-refractivity contribution < 1.29 is 9.15 Å². The van der Waals surface area contributed by atoms with Crippen LogP contribution in [0.3, 0.4) is 0 Å². The van der Waals surface area contributed by atoms with Gasteiger partial charge in [0.05, 0.1) is 31.2 Å². The molecule has 4 rings (SSSR count). The maximum atomic E-state index is 5.86. The number of aromatic nitrogens is 4. The van der Waals surface area contributed by atoms with Gasteiger partial charge < -0.3 is 13.7 Å². The Morgan fingerprint density at radius 1 is 1.32 bits per heavy atom. The Kier molecular flexibility index (Phi) is 4.47. The molecule has 0 radical (unpaired) electrons. The molecule has 25 heavy (non-hydrogen) atoms. The molecule has 0 saturated carbocycles. The highest BCUT2D eigenvalue weighted by molar-refractivity contribution is 5.07. The van der Waals surface area contributed by atoms with Crippen LogP contribution in [0.1, 0.15) is 17.0 Å². The maximum Gasteiger partial charge on any atom is 0.316 e. The highest BCUT2D eigenvalue weighted by Crippen LogP contribution is 2.19. The number of hydrogen-bond donors (Lipinski definition) is 0. The number of hydrogen-bond acceptors (Lipinski definition) is 6. The van der Waals surface area contributed by atoms with Crippen molar-refractivity contribution in [3.8, 4) is 6.01 Å². The van der Waals surface area contributed by atoms with Crippen molar-refractivity contribution in [3.63, 3.8) is 0 Å². The monoisotopic (exact) mass is 339 g/mol. The van der Waals surface area contributed by atoms with E-state index in [1.54, 1.807) is 18.7 Å². The molecule has 0 fully saturated rings. The van der Waals surface area contributed by atoms with Gasteiger partial charge in [-0.05, 0) is 19.1 Å². The van der Waals surface area contributed by atoms with Crippen molar-refractivity contribution in [2.24, 2.45) is 5.92 Å². The molecular weight excluding hydrogens is 318 g/mol. The Labute approximate surface area is 146 Å². The number of nitrogens with zero attached hydrogens (tertiary/aromatic N) is 5. The summed E-state index contributed by atoms with van der Waals surface area (Å²) in [5.41, 5.74) is 3.30. The molecule has 7 nitrogen and oxygen atoms in total. The van der Waals surface area contributed by atoms with Gasteiger partial charge in [-0.25, -0.2) is 15.0 Å². The van der Waals surface area contributed by atoms with Gasteiger partial charge in [0.15, 0.2) is 0 Å². The lowest BCUT2D eigenvalue weighted by Gasteiger charge is -2.23. The summed E-state index contributed by atoms with van der Waals surface area (Å²) in [4.78, 5) is 15.2. The van der Waals surface area contributed by atoms with Gasteiger partial charge in [0.2, 0.25) is 0 Å². The van der Waals surface area contributed by atoms with Gasteiger partial charge in [0.25, 0.3) is 0 Å². The standard InChI is InChI=1S/C18H21N5O2/c1-14-2-4-20-18(21-14)25-12-16-8-22(7-15-3-5-24-11-15)10-17-6-19-13-23(17)9-16/h2-6,11,13,16H,7-10,12H2,1H3/t16-/m0/s1. The lowest BCUT2D eigenvalue weighted by Crippen LogP contribution is -2.30. The van der Waals surface area contributed by atoms with Gasteiger partial charge in [0, 0.05) is 55.7 Å². The van der Waals surface area contributed by atoms with E-state index < -0.39 is 0 Å². The van der Waals surface area contributed by atoms with Gasteiger partial charge >= 0.3 is 6.01 Å². The van der Waals surface area contributed by atoms with Crippen LogP contribution in [-0.4, -0.2) is 37.6 Å². The minimum atomic E-state index is 0.325. The molecule has 0 N–H and O–H groups in total. The summed E-state index contributed by atoms with van der Waals surface area (Å²) in [6.45, 7) is 6.02. The second kappa shape index (κ2) is 7.06. The van der Waals surface area contributed by atoms with Crippen LogP contribution in [0.15, 0.2) is 47.8 Å². The van der Waals surface area contributed by atoms with Gasteiger partial charge in [-0.1, -0.05) is 0 Å². The molecule has 3 aromatic rings. The van der Waals surface area contributed by atoms with Crippen molar-refractivity contribution >= 4 is 0 Å². The molecular formula is C18H21N5O2. The molecule has 0 aliphatic carbocycles. The molecule has 130 valence electrons. The summed E-state index contributed by atoms with van der Waals surface area (Å²) in [6.07, 6.45) is 9.08. The second-order valence-electron chi connectivity index (χ2n) is 6.50. The molecule has 4 heterocycles. The first-order chi connectivity index (χ1) is 12.3. The largest absolute Gasteiger partial charge is 0.472 e. The number of imidazole rings is 1. The van der Waals surface area contributed by atoms with Crippen LogP contribution in [0.5, 0.6) is 6.01 Å². The van der Waals surface area contributed by atoms with E-state index in [1.807, 2.05) is 31.6 Å². The quantitative estimate of drug-likeness (QED) is 0.710. The Balaban J connectivity index is 1.46. The third-order valence-electron chi connectivity index (χ3n) is 4.36. The third-order valence-corrected chi connectivity index (χ3v) is 4.36. The van der Waals surface area contributed by atoms with E-state index in [0.29, 0.717) is 18.5 Å². The first-order valence-corrected chi connectivity index (χ1v) is 8.41. The fourth-order valence-corrected chi connectivity index (χ4v) is 3.19. The molecule has 0 aromatic carbocycles. The average molecular weight is 339 g/mol. The van der Waals surface area contributed by atoms with E-state index in [0.717, 1.165) is 31.9 Å². The lowest BCUT2D eigenvalue weighted by molar-refractivity contribution is 0.160. The summed E-state index contributed by atoms with van der Waals surface area (Å²) in [6, 6.07) is 4.31. The summed E-state index contributed by atoms with van der Waals surface area (Å²) in [7, 11) is 0. The Bertz CT molecular complexity index is 815. The topological polar surface area (TPSA) is 69.2 Å². The van der Waals surface area contributed by atoms with E-state index in [4.69, 9.17) is 9.15 Å². The molecule has 1 aliphatic rings. The molecule has 1 aliphatic heterocycles. The van der Waals surface area contributed by atoms with Gasteiger partial charge in [-0.2, -0.15) is 0 Å². The van der Waals surface area contributed by atoms with Crippen LogP contribution in [-0.2, 0) is 19.6 Å². The van der Waals surface area contributed by atoms with Crippen LogP contribution in [0.4, 0.5) is 0 Å². The molecule has 0 bridgehead atoms. The zero-order chi connectivity index (χ0) is 17.1. The molecule has 0 unspecified atom stereocenters. The van der Waals surface area contributed by atoms with Crippen molar-refractivity contribution in [1.29, 1.82) is 0 Å². The number of ether oxygens (including phenoxy) is 1. The minimum absolute atomic E-state index is 0.325. The van der Waals surface area contributed by atoms with Gasteiger partial charge in [0.1, 0.15) is 0 Å². The van der Waals surface area contributed by atoms with Crippen LogP contribution < -0.4 is 4.74 Å². The molecule has 1 atom stereocenters. The van der Waals surface area contributed by atoms with Crippen LogP contribution >= 0.6 is 0 Å². The fourth-order valence-electron chi connectivity index (χ4n) is 3.19. The zero-order valence-corrected chi connectivity index (χ0v) is 14.2. The minimum Gasteiger partial charge on any atom is -0.472 e. The summed E-state index contributed by atoms with van der Waals surface area (Å²) >= 11 is 0. The maximum absolute atomic E-state index is 5.86. The Hall–Kier alpha value is -2.67.